The number of benzene rings is 1. The summed E-state index contributed by atoms with van der Waals surface area (Å²) in [4.78, 5) is 12.2. The molecule has 2 rings (SSSR count). The average Bonchev–Trinajstić information content (AvgIpc) is 2.56. The SMILES string of the molecule is CCCC1CCC(C(=O)Oc2ccc(OC(F)C(F)(F)F)cc2)CC1. The average molecular weight is 362 g/mol. The Morgan fingerprint density at radius 3 is 2.20 bits per heavy atom. The number of rotatable bonds is 6. The predicted molar refractivity (Wildman–Crippen MR) is 84.0 cm³/mol. The van der Waals surface area contributed by atoms with Gasteiger partial charge in [-0.15, -0.1) is 0 Å². The molecule has 0 amide bonds. The van der Waals surface area contributed by atoms with Gasteiger partial charge >= 0.3 is 18.5 Å². The molecule has 0 spiro atoms. The van der Waals surface area contributed by atoms with E-state index in [0.29, 0.717) is 5.92 Å². The number of halogens is 4. The Hall–Kier alpha value is -1.79. The molecule has 1 atom stereocenters. The number of ether oxygens (including phenoxy) is 2. The van der Waals surface area contributed by atoms with E-state index in [-0.39, 0.29) is 23.4 Å². The van der Waals surface area contributed by atoms with E-state index in [0.717, 1.165) is 44.2 Å². The maximum atomic E-state index is 12.8. The fourth-order valence-electron chi connectivity index (χ4n) is 3.07. The zero-order valence-electron chi connectivity index (χ0n) is 14.0. The van der Waals surface area contributed by atoms with Crippen LogP contribution in [0.5, 0.6) is 11.5 Å². The molecule has 0 radical (unpaired) electrons. The van der Waals surface area contributed by atoms with Gasteiger partial charge in [0.2, 0.25) is 0 Å². The first-order chi connectivity index (χ1) is 11.8. The second-order valence-corrected chi connectivity index (χ2v) is 6.37. The van der Waals surface area contributed by atoms with Crippen molar-refractivity contribution < 1.29 is 31.8 Å². The second kappa shape index (κ2) is 8.54. The lowest BCUT2D eigenvalue weighted by molar-refractivity contribution is -0.236. The molecule has 0 bridgehead atoms. The van der Waals surface area contributed by atoms with Gasteiger partial charge in [0.1, 0.15) is 11.5 Å². The first-order valence-electron chi connectivity index (χ1n) is 8.48. The van der Waals surface area contributed by atoms with Crippen LogP contribution in [0, 0.1) is 11.8 Å². The van der Waals surface area contributed by atoms with Gasteiger partial charge in [-0.05, 0) is 55.9 Å². The van der Waals surface area contributed by atoms with Crippen molar-refractivity contribution in [1.82, 2.24) is 0 Å². The highest BCUT2D eigenvalue weighted by Gasteiger charge is 2.42. The van der Waals surface area contributed by atoms with Crippen molar-refractivity contribution in [2.24, 2.45) is 11.8 Å². The number of carbonyl (C=O) groups excluding carboxylic acids is 1. The first-order valence-corrected chi connectivity index (χ1v) is 8.48. The standard InChI is InChI=1S/C18H22F4O3/c1-2-3-12-4-6-13(7-5-12)16(23)24-14-8-10-15(11-9-14)25-17(19)18(20,21)22/h8-13,17H,2-7H2,1H3. The van der Waals surface area contributed by atoms with Crippen LogP contribution in [0.4, 0.5) is 17.6 Å². The topological polar surface area (TPSA) is 35.5 Å². The number of carbonyl (C=O) groups is 1. The molecule has 1 fully saturated rings. The van der Waals surface area contributed by atoms with E-state index in [2.05, 4.69) is 11.7 Å². The lowest BCUT2D eigenvalue weighted by Crippen LogP contribution is -2.29. The highest BCUT2D eigenvalue weighted by atomic mass is 19.4. The molecular weight excluding hydrogens is 340 g/mol. The Labute approximate surface area is 144 Å². The van der Waals surface area contributed by atoms with Crippen LogP contribution in [0.1, 0.15) is 45.4 Å². The third-order valence-corrected chi connectivity index (χ3v) is 4.42. The summed E-state index contributed by atoms with van der Waals surface area (Å²) in [6.07, 6.45) is -2.55. The highest BCUT2D eigenvalue weighted by molar-refractivity contribution is 5.75. The summed E-state index contributed by atoms with van der Waals surface area (Å²) in [6, 6.07) is 4.86. The molecule has 140 valence electrons. The molecule has 1 aromatic carbocycles. The lowest BCUT2D eigenvalue weighted by Gasteiger charge is -2.26. The van der Waals surface area contributed by atoms with Crippen molar-refractivity contribution in [2.45, 2.75) is 58.0 Å². The molecular formula is C18H22F4O3. The second-order valence-electron chi connectivity index (χ2n) is 6.37. The van der Waals surface area contributed by atoms with Crippen molar-refractivity contribution in [3.63, 3.8) is 0 Å². The van der Waals surface area contributed by atoms with Crippen molar-refractivity contribution in [3.8, 4) is 11.5 Å². The third kappa shape index (κ3) is 5.90. The van der Waals surface area contributed by atoms with E-state index in [4.69, 9.17) is 4.74 Å². The van der Waals surface area contributed by atoms with Crippen LogP contribution in [0.25, 0.3) is 0 Å². The fraction of sp³-hybridized carbons (Fsp3) is 0.611. The van der Waals surface area contributed by atoms with E-state index in [1.165, 1.54) is 18.6 Å². The quantitative estimate of drug-likeness (QED) is 0.384. The van der Waals surface area contributed by atoms with Crippen LogP contribution in [-0.2, 0) is 4.79 Å². The maximum Gasteiger partial charge on any atom is 0.457 e. The Morgan fingerprint density at radius 1 is 1.12 bits per heavy atom. The summed E-state index contributed by atoms with van der Waals surface area (Å²) in [6.45, 7) is 2.15. The van der Waals surface area contributed by atoms with Gasteiger partial charge in [0.05, 0.1) is 5.92 Å². The van der Waals surface area contributed by atoms with Crippen molar-refractivity contribution in [2.75, 3.05) is 0 Å². The summed E-state index contributed by atoms with van der Waals surface area (Å²) in [5, 5.41) is 0. The lowest BCUT2D eigenvalue weighted by atomic mass is 9.80. The number of hydrogen-bond acceptors (Lipinski definition) is 3. The zero-order chi connectivity index (χ0) is 18.4. The van der Waals surface area contributed by atoms with Crippen LogP contribution in [0.2, 0.25) is 0 Å². The summed E-state index contributed by atoms with van der Waals surface area (Å²) < 4.78 is 58.5. The molecule has 0 N–H and O–H groups in total. The Bertz CT molecular complexity index is 548. The molecule has 1 aromatic rings. The van der Waals surface area contributed by atoms with Crippen LogP contribution in [0.3, 0.4) is 0 Å². The molecule has 0 saturated heterocycles. The minimum absolute atomic E-state index is 0.149. The molecule has 0 aliphatic heterocycles. The van der Waals surface area contributed by atoms with Crippen LogP contribution in [0.15, 0.2) is 24.3 Å². The molecule has 0 heterocycles. The van der Waals surface area contributed by atoms with Gasteiger partial charge in [-0.2, -0.15) is 17.6 Å². The smallest absolute Gasteiger partial charge is 0.452 e. The van der Waals surface area contributed by atoms with E-state index >= 15 is 0 Å². The molecule has 0 aromatic heterocycles. The normalized spacial score (nSPS) is 22.3. The zero-order valence-corrected chi connectivity index (χ0v) is 14.0. The molecule has 1 unspecified atom stereocenters. The highest BCUT2D eigenvalue weighted by Crippen LogP contribution is 2.33. The molecule has 1 aliphatic rings. The van der Waals surface area contributed by atoms with Gasteiger partial charge < -0.3 is 9.47 Å². The fourth-order valence-corrected chi connectivity index (χ4v) is 3.07. The van der Waals surface area contributed by atoms with Gasteiger partial charge in [-0.1, -0.05) is 19.8 Å². The summed E-state index contributed by atoms with van der Waals surface area (Å²) in [5.74, 6) is 0.111. The van der Waals surface area contributed by atoms with Crippen LogP contribution in [-0.4, -0.2) is 18.5 Å². The summed E-state index contributed by atoms with van der Waals surface area (Å²) >= 11 is 0. The Morgan fingerprint density at radius 2 is 1.68 bits per heavy atom. The number of esters is 1. The van der Waals surface area contributed by atoms with Crippen molar-refractivity contribution in [3.05, 3.63) is 24.3 Å². The third-order valence-electron chi connectivity index (χ3n) is 4.42. The Kier molecular flexibility index (Phi) is 6.67. The molecule has 1 saturated carbocycles. The van der Waals surface area contributed by atoms with Gasteiger partial charge in [-0.25, -0.2) is 0 Å². The molecule has 25 heavy (non-hydrogen) atoms. The largest absolute Gasteiger partial charge is 0.457 e. The summed E-state index contributed by atoms with van der Waals surface area (Å²) in [7, 11) is 0. The van der Waals surface area contributed by atoms with Gasteiger partial charge in [0.25, 0.3) is 0 Å². The van der Waals surface area contributed by atoms with E-state index in [1.807, 2.05) is 0 Å². The van der Waals surface area contributed by atoms with E-state index in [1.54, 1.807) is 0 Å². The van der Waals surface area contributed by atoms with Crippen molar-refractivity contribution in [1.29, 1.82) is 0 Å². The minimum atomic E-state index is -5.08. The summed E-state index contributed by atoms with van der Waals surface area (Å²) in [5.41, 5.74) is 0. The number of hydrogen-bond donors (Lipinski definition) is 0. The van der Waals surface area contributed by atoms with Crippen molar-refractivity contribution >= 4 is 5.97 Å². The predicted octanol–water partition coefficient (Wildman–Crippen LogP) is 5.44. The number of alkyl halides is 4. The Balaban J connectivity index is 1.84. The monoisotopic (exact) mass is 362 g/mol. The molecule has 3 nitrogen and oxygen atoms in total. The minimum Gasteiger partial charge on any atom is -0.452 e. The van der Waals surface area contributed by atoms with Gasteiger partial charge in [0, 0.05) is 0 Å². The van der Waals surface area contributed by atoms with E-state index in [9.17, 15) is 22.4 Å². The first kappa shape index (κ1) is 19.5. The van der Waals surface area contributed by atoms with Gasteiger partial charge in [0.15, 0.2) is 0 Å². The van der Waals surface area contributed by atoms with Crippen LogP contribution < -0.4 is 9.47 Å². The maximum absolute atomic E-state index is 12.8. The van der Waals surface area contributed by atoms with Gasteiger partial charge in [-0.3, -0.25) is 4.79 Å². The molecule has 7 heteroatoms. The van der Waals surface area contributed by atoms with Crippen LogP contribution >= 0.6 is 0 Å². The molecule has 1 aliphatic carbocycles. The van der Waals surface area contributed by atoms with E-state index < -0.39 is 12.5 Å².